The van der Waals surface area contributed by atoms with Crippen LogP contribution in [-0.2, 0) is 22.9 Å². The minimum absolute atomic E-state index is 0.0136. The van der Waals surface area contributed by atoms with Gasteiger partial charge in [-0.05, 0) is 48.2 Å². The summed E-state index contributed by atoms with van der Waals surface area (Å²) in [6, 6.07) is 14.4. The third-order valence-corrected chi connectivity index (χ3v) is 6.16. The van der Waals surface area contributed by atoms with E-state index in [2.05, 4.69) is 26.7 Å². The van der Waals surface area contributed by atoms with Crippen LogP contribution >= 0.6 is 15.9 Å². The fourth-order valence-corrected chi connectivity index (χ4v) is 4.25. The quantitative estimate of drug-likeness (QED) is 0.835. The maximum atomic E-state index is 12.3. The van der Waals surface area contributed by atoms with Gasteiger partial charge in [0.05, 0.1) is 10.5 Å². The minimum atomic E-state index is -3.62. The zero-order valence-electron chi connectivity index (χ0n) is 12.5. The van der Waals surface area contributed by atoms with Gasteiger partial charge in [0, 0.05) is 17.4 Å². The summed E-state index contributed by atoms with van der Waals surface area (Å²) in [5, 5.41) is 10.7. The van der Waals surface area contributed by atoms with E-state index in [-0.39, 0.29) is 11.4 Å². The number of aliphatic hydroxyl groups is 1. The number of hydrogen-bond acceptors (Lipinski definition) is 3. The van der Waals surface area contributed by atoms with Gasteiger partial charge in [-0.25, -0.2) is 13.1 Å². The molecule has 0 radical (unpaired) electrons. The lowest BCUT2D eigenvalue weighted by Crippen LogP contribution is -2.46. The van der Waals surface area contributed by atoms with Gasteiger partial charge in [0.15, 0.2) is 0 Å². The molecule has 0 aliphatic heterocycles. The molecule has 4 nitrogen and oxygen atoms in total. The Labute approximate surface area is 144 Å². The average Bonchev–Trinajstić information content (AvgIpc) is 2.54. The Morgan fingerprint density at radius 3 is 2.43 bits per heavy atom. The first-order valence-corrected chi connectivity index (χ1v) is 9.70. The van der Waals surface area contributed by atoms with Gasteiger partial charge in [0.2, 0.25) is 10.0 Å². The molecule has 0 bridgehead atoms. The highest BCUT2D eigenvalue weighted by molar-refractivity contribution is 9.10. The molecule has 3 rings (SSSR count). The van der Waals surface area contributed by atoms with Gasteiger partial charge in [-0.15, -0.1) is 0 Å². The molecule has 0 heterocycles. The van der Waals surface area contributed by atoms with E-state index in [1.54, 1.807) is 12.1 Å². The van der Waals surface area contributed by atoms with Crippen LogP contribution in [-0.4, -0.2) is 25.7 Å². The van der Waals surface area contributed by atoms with Gasteiger partial charge < -0.3 is 5.11 Å². The Morgan fingerprint density at radius 2 is 1.74 bits per heavy atom. The number of aryl methyl sites for hydroxylation is 1. The van der Waals surface area contributed by atoms with Crippen molar-refractivity contribution in [1.29, 1.82) is 0 Å². The Hall–Kier alpha value is -1.21. The monoisotopic (exact) mass is 395 g/mol. The second-order valence-electron chi connectivity index (χ2n) is 5.95. The van der Waals surface area contributed by atoms with Crippen molar-refractivity contribution in [2.45, 2.75) is 29.8 Å². The average molecular weight is 396 g/mol. The summed E-state index contributed by atoms with van der Waals surface area (Å²) >= 11 is 3.28. The topological polar surface area (TPSA) is 66.4 Å². The number of hydrogen-bond donors (Lipinski definition) is 2. The standard InChI is InChI=1S/C17H18BrNO3S/c18-15-5-7-16(8-6-15)23(21,22)19-12-17(20)10-9-13-3-1-2-4-14(13)11-17/h1-8,19-20H,9-12H2/t17-/m0/s1. The number of benzene rings is 2. The first kappa shape index (κ1) is 16.6. The Bertz CT molecular complexity index is 805. The molecule has 23 heavy (non-hydrogen) atoms. The smallest absolute Gasteiger partial charge is 0.240 e. The van der Waals surface area contributed by atoms with Gasteiger partial charge in [-0.3, -0.25) is 0 Å². The molecule has 0 spiro atoms. The van der Waals surface area contributed by atoms with E-state index in [1.165, 1.54) is 17.7 Å². The number of nitrogens with one attached hydrogen (secondary N) is 1. The molecule has 0 unspecified atom stereocenters. The van der Waals surface area contributed by atoms with Crippen LogP contribution in [0.3, 0.4) is 0 Å². The van der Waals surface area contributed by atoms with Crippen LogP contribution in [0.4, 0.5) is 0 Å². The molecular formula is C17H18BrNO3S. The summed E-state index contributed by atoms with van der Waals surface area (Å²) in [6.45, 7) is 0.0136. The van der Waals surface area contributed by atoms with Crippen molar-refractivity contribution in [3.8, 4) is 0 Å². The van der Waals surface area contributed by atoms with Crippen LogP contribution in [0.25, 0.3) is 0 Å². The molecule has 0 saturated carbocycles. The van der Waals surface area contributed by atoms with E-state index in [0.717, 1.165) is 16.5 Å². The number of rotatable bonds is 4. The van der Waals surface area contributed by atoms with E-state index in [0.29, 0.717) is 12.8 Å². The third-order valence-electron chi connectivity index (χ3n) is 4.21. The Balaban J connectivity index is 1.71. The van der Waals surface area contributed by atoms with Gasteiger partial charge in [-0.2, -0.15) is 0 Å². The number of fused-ring (bicyclic) bond motifs is 1. The number of sulfonamides is 1. The molecule has 1 aliphatic carbocycles. The maximum Gasteiger partial charge on any atom is 0.240 e. The van der Waals surface area contributed by atoms with E-state index in [4.69, 9.17) is 0 Å². The highest BCUT2D eigenvalue weighted by atomic mass is 79.9. The summed E-state index contributed by atoms with van der Waals surface area (Å²) in [7, 11) is -3.62. The second kappa shape index (κ2) is 6.36. The zero-order valence-corrected chi connectivity index (χ0v) is 14.9. The van der Waals surface area contributed by atoms with E-state index in [1.807, 2.05) is 18.2 Å². The largest absolute Gasteiger partial charge is 0.388 e. The van der Waals surface area contributed by atoms with Crippen molar-refractivity contribution in [1.82, 2.24) is 4.72 Å². The Kier molecular flexibility index (Phi) is 4.60. The van der Waals surface area contributed by atoms with Crippen LogP contribution in [0, 0.1) is 0 Å². The van der Waals surface area contributed by atoms with Crippen LogP contribution in [0.1, 0.15) is 17.5 Å². The van der Waals surface area contributed by atoms with Crippen molar-refractivity contribution >= 4 is 26.0 Å². The SMILES string of the molecule is O=S(=O)(NC[C@]1(O)CCc2ccccc2C1)c1ccc(Br)cc1. The van der Waals surface area contributed by atoms with Crippen molar-refractivity contribution in [3.05, 3.63) is 64.1 Å². The third kappa shape index (κ3) is 3.83. The van der Waals surface area contributed by atoms with Gasteiger partial charge in [0.1, 0.15) is 0 Å². The first-order valence-electron chi connectivity index (χ1n) is 7.42. The van der Waals surface area contributed by atoms with E-state index < -0.39 is 15.6 Å². The first-order chi connectivity index (χ1) is 10.9. The highest BCUT2D eigenvalue weighted by Crippen LogP contribution is 2.28. The van der Waals surface area contributed by atoms with Crippen LogP contribution in [0.15, 0.2) is 57.9 Å². The zero-order chi connectivity index (χ0) is 16.5. The molecular weight excluding hydrogens is 378 g/mol. The molecule has 2 aromatic carbocycles. The molecule has 0 amide bonds. The van der Waals surface area contributed by atoms with Crippen molar-refractivity contribution in [2.24, 2.45) is 0 Å². The maximum absolute atomic E-state index is 12.3. The highest BCUT2D eigenvalue weighted by Gasteiger charge is 2.33. The van der Waals surface area contributed by atoms with Gasteiger partial charge in [0.25, 0.3) is 0 Å². The van der Waals surface area contributed by atoms with E-state index in [9.17, 15) is 13.5 Å². The van der Waals surface area contributed by atoms with Crippen molar-refractivity contribution < 1.29 is 13.5 Å². The molecule has 0 aromatic heterocycles. The molecule has 122 valence electrons. The summed E-state index contributed by atoms with van der Waals surface area (Å²) in [5.41, 5.74) is 1.27. The summed E-state index contributed by atoms with van der Waals surface area (Å²) in [6.07, 6.45) is 1.77. The molecule has 1 aliphatic rings. The van der Waals surface area contributed by atoms with Crippen LogP contribution in [0.2, 0.25) is 0 Å². The van der Waals surface area contributed by atoms with Gasteiger partial charge in [-0.1, -0.05) is 40.2 Å². The van der Waals surface area contributed by atoms with Crippen molar-refractivity contribution in [3.63, 3.8) is 0 Å². The van der Waals surface area contributed by atoms with Crippen LogP contribution in [0.5, 0.6) is 0 Å². The lowest BCUT2D eigenvalue weighted by atomic mass is 9.80. The molecule has 2 aromatic rings. The lowest BCUT2D eigenvalue weighted by Gasteiger charge is -2.33. The molecule has 0 saturated heterocycles. The predicted octanol–water partition coefficient (Wildman–Crippen LogP) is 2.65. The summed E-state index contributed by atoms with van der Waals surface area (Å²) in [4.78, 5) is 0.195. The molecule has 0 fully saturated rings. The van der Waals surface area contributed by atoms with E-state index >= 15 is 0 Å². The Morgan fingerprint density at radius 1 is 1.09 bits per heavy atom. The summed E-state index contributed by atoms with van der Waals surface area (Å²) < 4.78 is 28.0. The normalized spacial score (nSPS) is 21.0. The van der Waals surface area contributed by atoms with Crippen LogP contribution < -0.4 is 4.72 Å². The van der Waals surface area contributed by atoms with Crippen molar-refractivity contribution in [2.75, 3.05) is 6.54 Å². The minimum Gasteiger partial charge on any atom is -0.388 e. The second-order valence-corrected chi connectivity index (χ2v) is 8.63. The molecule has 6 heteroatoms. The molecule has 1 atom stereocenters. The fourth-order valence-electron chi connectivity index (χ4n) is 2.86. The lowest BCUT2D eigenvalue weighted by molar-refractivity contribution is 0.0317. The van der Waals surface area contributed by atoms with Gasteiger partial charge >= 0.3 is 0 Å². The fraction of sp³-hybridized carbons (Fsp3) is 0.294. The summed E-state index contributed by atoms with van der Waals surface area (Å²) in [5.74, 6) is 0. The molecule has 2 N–H and O–H groups in total. The predicted molar refractivity (Wildman–Crippen MR) is 92.7 cm³/mol. The number of halogens is 1.